The van der Waals surface area contributed by atoms with Crippen LogP contribution in [0.25, 0.3) is 0 Å². The minimum absolute atomic E-state index is 0.0491. The largest absolute Gasteiger partial charge is 0.508 e. The van der Waals surface area contributed by atoms with Crippen LogP contribution in [0.4, 0.5) is 5.69 Å². The van der Waals surface area contributed by atoms with Gasteiger partial charge in [0.05, 0.1) is 6.04 Å². The second-order valence-corrected chi connectivity index (χ2v) is 8.72. The van der Waals surface area contributed by atoms with Gasteiger partial charge in [0.1, 0.15) is 11.5 Å². The van der Waals surface area contributed by atoms with Crippen molar-refractivity contribution in [2.75, 3.05) is 5.32 Å². The zero-order chi connectivity index (χ0) is 20.1. The van der Waals surface area contributed by atoms with Gasteiger partial charge in [-0.3, -0.25) is 4.79 Å². The van der Waals surface area contributed by atoms with Crippen molar-refractivity contribution in [3.63, 3.8) is 0 Å². The lowest BCUT2D eigenvalue weighted by molar-refractivity contribution is 0.0919. The Morgan fingerprint density at radius 1 is 1.11 bits per heavy atom. The lowest BCUT2D eigenvalue weighted by atomic mass is 9.76. The maximum Gasteiger partial charge on any atom is 0.251 e. The van der Waals surface area contributed by atoms with Crippen molar-refractivity contribution in [1.29, 1.82) is 0 Å². The topological polar surface area (TPSA) is 81.6 Å². The molecule has 0 saturated heterocycles. The zero-order valence-corrected chi connectivity index (χ0v) is 16.4. The lowest BCUT2D eigenvalue weighted by Gasteiger charge is -2.38. The first-order chi connectivity index (χ1) is 13.2. The van der Waals surface area contributed by atoms with Gasteiger partial charge in [-0.2, -0.15) is 0 Å². The van der Waals surface area contributed by atoms with E-state index in [1.54, 1.807) is 12.1 Å². The Labute approximate surface area is 165 Å². The number of benzene rings is 2. The summed E-state index contributed by atoms with van der Waals surface area (Å²) in [5, 5.41) is 26.5. The number of fused-ring (bicyclic) bond motifs is 3. The SMILES string of the molecule is CC(C)(C)NC(=O)c1ccc2c(c1)C1C=CCC1C(c1ccc(O)cc1O)N2. The Hall–Kier alpha value is -2.95. The molecule has 0 spiro atoms. The third kappa shape index (κ3) is 3.33. The van der Waals surface area contributed by atoms with Gasteiger partial charge in [-0.05, 0) is 69.0 Å². The Morgan fingerprint density at radius 3 is 2.61 bits per heavy atom. The average Bonchev–Trinajstić information content (AvgIpc) is 3.09. The van der Waals surface area contributed by atoms with Crippen LogP contribution in [0.2, 0.25) is 0 Å². The molecule has 1 heterocycles. The smallest absolute Gasteiger partial charge is 0.251 e. The maximum atomic E-state index is 12.6. The lowest BCUT2D eigenvalue weighted by Crippen LogP contribution is -2.40. The van der Waals surface area contributed by atoms with E-state index in [0.29, 0.717) is 5.56 Å². The predicted molar refractivity (Wildman–Crippen MR) is 110 cm³/mol. The molecule has 2 aromatic rings. The van der Waals surface area contributed by atoms with Crippen LogP contribution in [0.15, 0.2) is 48.6 Å². The van der Waals surface area contributed by atoms with E-state index in [1.807, 2.05) is 39.0 Å². The molecule has 5 nitrogen and oxygen atoms in total. The molecule has 0 aromatic heterocycles. The van der Waals surface area contributed by atoms with Gasteiger partial charge < -0.3 is 20.8 Å². The average molecular weight is 378 g/mol. The first kappa shape index (κ1) is 18.4. The molecule has 0 fully saturated rings. The molecule has 146 valence electrons. The Balaban J connectivity index is 1.70. The summed E-state index contributed by atoms with van der Waals surface area (Å²) in [7, 11) is 0. The normalized spacial score (nSPS) is 22.9. The molecule has 1 aliphatic heterocycles. The summed E-state index contributed by atoms with van der Waals surface area (Å²) < 4.78 is 0. The molecule has 3 atom stereocenters. The zero-order valence-electron chi connectivity index (χ0n) is 16.4. The third-order valence-electron chi connectivity index (χ3n) is 5.46. The molecule has 28 heavy (non-hydrogen) atoms. The van der Waals surface area contributed by atoms with Gasteiger partial charge in [0.15, 0.2) is 0 Å². The number of carbonyl (C=O) groups is 1. The molecule has 4 N–H and O–H groups in total. The Bertz CT molecular complexity index is 959. The van der Waals surface area contributed by atoms with Crippen molar-refractivity contribution in [1.82, 2.24) is 5.32 Å². The summed E-state index contributed by atoms with van der Waals surface area (Å²) in [5.41, 5.74) is 3.22. The summed E-state index contributed by atoms with van der Waals surface area (Å²) >= 11 is 0. The summed E-state index contributed by atoms with van der Waals surface area (Å²) in [6.45, 7) is 5.90. The van der Waals surface area contributed by atoms with E-state index in [1.165, 1.54) is 6.07 Å². The number of phenols is 2. The number of hydrogen-bond donors (Lipinski definition) is 4. The maximum absolute atomic E-state index is 12.6. The standard InChI is InChI=1S/C23H26N2O3/c1-23(2,3)25-22(28)13-7-10-19-18(11-13)15-5-4-6-16(15)21(24-19)17-9-8-14(26)12-20(17)27/h4-5,7-12,15-16,21,24,26-27H,6H2,1-3H3,(H,25,28). The highest BCUT2D eigenvalue weighted by molar-refractivity contribution is 5.95. The van der Waals surface area contributed by atoms with Gasteiger partial charge >= 0.3 is 0 Å². The van der Waals surface area contributed by atoms with E-state index in [4.69, 9.17) is 0 Å². The number of anilines is 1. The highest BCUT2D eigenvalue weighted by Crippen LogP contribution is 2.51. The van der Waals surface area contributed by atoms with Crippen LogP contribution in [0.3, 0.4) is 0 Å². The van der Waals surface area contributed by atoms with Crippen molar-refractivity contribution in [3.05, 3.63) is 65.2 Å². The highest BCUT2D eigenvalue weighted by Gasteiger charge is 2.39. The van der Waals surface area contributed by atoms with Crippen molar-refractivity contribution < 1.29 is 15.0 Å². The van der Waals surface area contributed by atoms with Gasteiger partial charge in [-0.1, -0.05) is 12.2 Å². The first-order valence-corrected chi connectivity index (χ1v) is 9.64. The fourth-order valence-corrected chi connectivity index (χ4v) is 4.25. The number of carbonyl (C=O) groups excluding carboxylic acids is 1. The van der Waals surface area contributed by atoms with Crippen LogP contribution in [0.1, 0.15) is 60.6 Å². The first-order valence-electron chi connectivity index (χ1n) is 9.64. The van der Waals surface area contributed by atoms with Gasteiger partial charge in [-0.25, -0.2) is 0 Å². The molecule has 0 radical (unpaired) electrons. The number of amides is 1. The molecular weight excluding hydrogens is 352 g/mol. The molecule has 4 rings (SSSR count). The molecule has 1 amide bonds. The monoisotopic (exact) mass is 378 g/mol. The minimum Gasteiger partial charge on any atom is -0.508 e. The number of phenolic OH excluding ortho intramolecular Hbond substituents is 2. The number of rotatable bonds is 2. The number of hydrogen-bond acceptors (Lipinski definition) is 4. The third-order valence-corrected chi connectivity index (χ3v) is 5.46. The second kappa shape index (κ2) is 6.59. The van der Waals surface area contributed by atoms with Gasteiger partial charge in [0, 0.05) is 34.3 Å². The van der Waals surface area contributed by atoms with Crippen LogP contribution in [-0.2, 0) is 0 Å². The molecule has 2 aromatic carbocycles. The summed E-state index contributed by atoms with van der Waals surface area (Å²) in [6, 6.07) is 10.4. The summed E-state index contributed by atoms with van der Waals surface area (Å²) in [4.78, 5) is 12.6. The number of nitrogens with one attached hydrogen (secondary N) is 2. The van der Waals surface area contributed by atoms with Crippen LogP contribution in [0, 0.1) is 5.92 Å². The van der Waals surface area contributed by atoms with Crippen LogP contribution in [0.5, 0.6) is 11.5 Å². The molecule has 0 saturated carbocycles. The Morgan fingerprint density at radius 2 is 1.89 bits per heavy atom. The molecule has 0 bridgehead atoms. The fourth-order valence-electron chi connectivity index (χ4n) is 4.25. The van der Waals surface area contributed by atoms with E-state index in [-0.39, 0.29) is 40.8 Å². The predicted octanol–water partition coefficient (Wildman–Crippen LogP) is 4.45. The second-order valence-electron chi connectivity index (χ2n) is 8.72. The summed E-state index contributed by atoms with van der Waals surface area (Å²) in [6.07, 6.45) is 5.25. The van der Waals surface area contributed by atoms with Crippen LogP contribution in [-0.4, -0.2) is 21.7 Å². The van der Waals surface area contributed by atoms with Gasteiger partial charge in [-0.15, -0.1) is 0 Å². The molecular formula is C23H26N2O3. The van der Waals surface area contributed by atoms with E-state index < -0.39 is 0 Å². The molecule has 2 aliphatic rings. The molecule has 3 unspecified atom stereocenters. The van der Waals surface area contributed by atoms with Crippen LogP contribution < -0.4 is 10.6 Å². The number of allylic oxidation sites excluding steroid dienone is 2. The summed E-state index contributed by atoms with van der Waals surface area (Å²) in [5.74, 6) is 0.480. The van der Waals surface area contributed by atoms with Gasteiger partial charge in [0.2, 0.25) is 0 Å². The minimum atomic E-state index is -0.289. The van der Waals surface area contributed by atoms with E-state index in [2.05, 4.69) is 22.8 Å². The van der Waals surface area contributed by atoms with Crippen molar-refractivity contribution in [2.45, 2.75) is 44.7 Å². The van der Waals surface area contributed by atoms with E-state index >= 15 is 0 Å². The van der Waals surface area contributed by atoms with Crippen molar-refractivity contribution >= 4 is 11.6 Å². The molecule has 5 heteroatoms. The Kier molecular flexibility index (Phi) is 4.33. The fraction of sp³-hybridized carbons (Fsp3) is 0.348. The van der Waals surface area contributed by atoms with Gasteiger partial charge in [0.25, 0.3) is 5.91 Å². The molecule has 1 aliphatic carbocycles. The quantitative estimate of drug-likeness (QED) is 0.582. The van der Waals surface area contributed by atoms with E-state index in [9.17, 15) is 15.0 Å². The highest BCUT2D eigenvalue weighted by atomic mass is 16.3. The van der Waals surface area contributed by atoms with Crippen LogP contribution >= 0.6 is 0 Å². The van der Waals surface area contributed by atoms with Crippen molar-refractivity contribution in [2.24, 2.45) is 5.92 Å². The van der Waals surface area contributed by atoms with Crippen molar-refractivity contribution in [3.8, 4) is 11.5 Å². The van der Waals surface area contributed by atoms with E-state index in [0.717, 1.165) is 23.2 Å². The number of aromatic hydroxyl groups is 2.